The van der Waals surface area contributed by atoms with Crippen LogP contribution in [-0.2, 0) is 6.18 Å². The maximum absolute atomic E-state index is 13.9. The summed E-state index contributed by atoms with van der Waals surface area (Å²) in [7, 11) is 0. The Bertz CT molecular complexity index is 1020. The van der Waals surface area contributed by atoms with Crippen LogP contribution in [-0.4, -0.2) is 5.97 Å². The Morgan fingerprint density at radius 3 is 2.23 bits per heavy atom. The Hall–Kier alpha value is -2.31. The Morgan fingerprint density at radius 1 is 0.923 bits per heavy atom. The molecular weight excluding hydrogens is 395 g/mol. The van der Waals surface area contributed by atoms with Gasteiger partial charge in [-0.25, -0.2) is 9.18 Å². The second-order valence-electron chi connectivity index (χ2n) is 5.30. The smallest absolute Gasteiger partial charge is 0.416 e. The van der Waals surface area contributed by atoms with Gasteiger partial charge in [0, 0.05) is 10.8 Å². The van der Waals surface area contributed by atoms with Crippen LogP contribution in [0.15, 0.2) is 48.5 Å². The van der Waals surface area contributed by atoms with Crippen molar-refractivity contribution >= 4 is 39.9 Å². The molecule has 0 fully saturated rings. The van der Waals surface area contributed by atoms with Crippen LogP contribution in [0.5, 0.6) is 5.75 Å². The first-order chi connectivity index (χ1) is 12.2. The molecule has 3 rings (SSSR count). The standard InChI is InChI=1S/C18H8Cl2F4O2/c19-13-8-14(20)16(11-4-2-1-3-10(11)13)26-17(25)12-7-9(18(22,23)24)5-6-15(12)21/h1-8H. The van der Waals surface area contributed by atoms with Crippen molar-refractivity contribution in [2.75, 3.05) is 0 Å². The van der Waals surface area contributed by atoms with Crippen molar-refractivity contribution in [1.29, 1.82) is 0 Å². The average molecular weight is 403 g/mol. The molecule has 2 nitrogen and oxygen atoms in total. The number of carbonyl (C=O) groups excluding carboxylic acids is 1. The highest BCUT2D eigenvalue weighted by Gasteiger charge is 2.32. The van der Waals surface area contributed by atoms with Crippen molar-refractivity contribution in [2.24, 2.45) is 0 Å². The number of esters is 1. The molecule has 0 N–H and O–H groups in total. The lowest BCUT2D eigenvalue weighted by Gasteiger charge is -2.13. The van der Waals surface area contributed by atoms with Crippen LogP contribution in [0, 0.1) is 5.82 Å². The molecule has 0 saturated carbocycles. The van der Waals surface area contributed by atoms with Crippen LogP contribution < -0.4 is 4.74 Å². The molecule has 0 aliphatic heterocycles. The van der Waals surface area contributed by atoms with Gasteiger partial charge in [-0.05, 0) is 24.3 Å². The van der Waals surface area contributed by atoms with Gasteiger partial charge in [-0.15, -0.1) is 0 Å². The molecule has 3 aromatic carbocycles. The minimum Gasteiger partial charge on any atom is -0.421 e. The number of rotatable bonds is 2. The summed E-state index contributed by atoms with van der Waals surface area (Å²) >= 11 is 12.1. The Labute approximate surface area is 154 Å². The van der Waals surface area contributed by atoms with Crippen molar-refractivity contribution in [3.8, 4) is 5.75 Å². The average Bonchev–Trinajstić information content (AvgIpc) is 2.57. The van der Waals surface area contributed by atoms with Gasteiger partial charge in [0.1, 0.15) is 5.82 Å². The highest BCUT2D eigenvalue weighted by atomic mass is 35.5. The molecule has 3 aromatic rings. The predicted octanol–water partition coefficient (Wildman–Crippen LogP) is 6.52. The monoisotopic (exact) mass is 402 g/mol. The van der Waals surface area contributed by atoms with E-state index in [1.165, 1.54) is 6.07 Å². The summed E-state index contributed by atoms with van der Waals surface area (Å²) < 4.78 is 57.4. The molecule has 0 saturated heterocycles. The van der Waals surface area contributed by atoms with E-state index in [0.717, 1.165) is 0 Å². The SMILES string of the molecule is O=C(Oc1c(Cl)cc(Cl)c2ccccc12)c1cc(C(F)(F)F)ccc1F. The molecule has 0 amide bonds. The zero-order chi connectivity index (χ0) is 19.1. The molecule has 0 aromatic heterocycles. The van der Waals surface area contributed by atoms with E-state index in [1.54, 1.807) is 24.3 Å². The molecule has 8 heteroatoms. The summed E-state index contributed by atoms with van der Waals surface area (Å²) in [5, 5.41) is 1.15. The lowest BCUT2D eigenvalue weighted by atomic mass is 10.1. The van der Waals surface area contributed by atoms with Gasteiger partial charge in [0.2, 0.25) is 0 Å². The second kappa shape index (κ2) is 6.78. The van der Waals surface area contributed by atoms with Crippen molar-refractivity contribution in [2.45, 2.75) is 6.18 Å². The Morgan fingerprint density at radius 2 is 1.58 bits per heavy atom. The fourth-order valence-corrected chi connectivity index (χ4v) is 2.96. The number of hydrogen-bond donors (Lipinski definition) is 0. The summed E-state index contributed by atoms with van der Waals surface area (Å²) in [4.78, 5) is 12.3. The first-order valence-electron chi connectivity index (χ1n) is 7.14. The minimum absolute atomic E-state index is 0.0329. The summed E-state index contributed by atoms with van der Waals surface area (Å²) in [6.45, 7) is 0. The number of fused-ring (bicyclic) bond motifs is 1. The minimum atomic E-state index is -4.73. The molecule has 0 unspecified atom stereocenters. The van der Waals surface area contributed by atoms with Crippen molar-refractivity contribution < 1.29 is 27.1 Å². The Kier molecular flexibility index (Phi) is 4.82. The number of halogens is 6. The van der Waals surface area contributed by atoms with Gasteiger partial charge in [-0.3, -0.25) is 0 Å². The van der Waals surface area contributed by atoms with Crippen LogP contribution in [0.3, 0.4) is 0 Å². The molecule has 0 spiro atoms. The molecule has 0 radical (unpaired) electrons. The van der Waals surface area contributed by atoms with Gasteiger partial charge in [-0.2, -0.15) is 13.2 Å². The maximum atomic E-state index is 13.9. The summed E-state index contributed by atoms with van der Waals surface area (Å²) in [6.07, 6.45) is -4.73. The first-order valence-corrected chi connectivity index (χ1v) is 7.89. The number of hydrogen-bond acceptors (Lipinski definition) is 2. The molecule has 0 bridgehead atoms. The summed E-state index contributed by atoms with van der Waals surface area (Å²) in [5.41, 5.74) is -2.02. The summed E-state index contributed by atoms with van der Waals surface area (Å²) in [6, 6.07) is 9.36. The van der Waals surface area contributed by atoms with Gasteiger partial charge < -0.3 is 4.74 Å². The predicted molar refractivity (Wildman–Crippen MR) is 90.3 cm³/mol. The lowest BCUT2D eigenvalue weighted by molar-refractivity contribution is -0.137. The zero-order valence-electron chi connectivity index (χ0n) is 12.7. The summed E-state index contributed by atoms with van der Waals surface area (Å²) in [5.74, 6) is -2.56. The molecule has 26 heavy (non-hydrogen) atoms. The third kappa shape index (κ3) is 3.48. The van der Waals surface area contributed by atoms with Crippen LogP contribution >= 0.6 is 23.2 Å². The Balaban J connectivity index is 2.06. The van der Waals surface area contributed by atoms with Gasteiger partial charge in [-0.1, -0.05) is 47.5 Å². The van der Waals surface area contributed by atoms with Crippen molar-refractivity contribution in [1.82, 2.24) is 0 Å². The van der Waals surface area contributed by atoms with Gasteiger partial charge in [0.05, 0.1) is 21.2 Å². The van der Waals surface area contributed by atoms with Gasteiger partial charge in [0.15, 0.2) is 5.75 Å². The molecule has 134 valence electrons. The van der Waals surface area contributed by atoms with E-state index in [0.29, 0.717) is 34.0 Å². The van der Waals surface area contributed by atoms with E-state index >= 15 is 0 Å². The molecule has 0 aliphatic rings. The van der Waals surface area contributed by atoms with Crippen LogP contribution in [0.25, 0.3) is 10.8 Å². The first kappa shape index (κ1) is 18.5. The highest BCUT2D eigenvalue weighted by Crippen LogP contribution is 2.39. The van der Waals surface area contributed by atoms with E-state index in [1.807, 2.05) is 0 Å². The molecular formula is C18H8Cl2F4O2. The van der Waals surface area contributed by atoms with E-state index in [4.69, 9.17) is 27.9 Å². The third-order valence-corrected chi connectivity index (χ3v) is 4.20. The van der Waals surface area contributed by atoms with Gasteiger partial charge in [0.25, 0.3) is 0 Å². The number of benzene rings is 3. The fourth-order valence-electron chi connectivity index (χ4n) is 2.38. The quantitative estimate of drug-likeness (QED) is 0.277. The largest absolute Gasteiger partial charge is 0.421 e. The second-order valence-corrected chi connectivity index (χ2v) is 6.11. The van der Waals surface area contributed by atoms with Crippen molar-refractivity contribution in [3.63, 3.8) is 0 Å². The van der Waals surface area contributed by atoms with E-state index < -0.39 is 29.1 Å². The number of carbonyl (C=O) groups is 1. The number of alkyl halides is 3. The van der Waals surface area contributed by atoms with Gasteiger partial charge >= 0.3 is 12.1 Å². The van der Waals surface area contributed by atoms with E-state index in [9.17, 15) is 22.4 Å². The lowest BCUT2D eigenvalue weighted by Crippen LogP contribution is -2.14. The normalized spacial score (nSPS) is 11.6. The third-order valence-electron chi connectivity index (χ3n) is 3.61. The van der Waals surface area contributed by atoms with Crippen LogP contribution in [0.4, 0.5) is 17.6 Å². The van der Waals surface area contributed by atoms with E-state index in [2.05, 4.69) is 0 Å². The van der Waals surface area contributed by atoms with Crippen LogP contribution in [0.1, 0.15) is 15.9 Å². The topological polar surface area (TPSA) is 26.3 Å². The highest BCUT2D eigenvalue weighted by molar-refractivity contribution is 6.40. The molecule has 0 atom stereocenters. The number of ether oxygens (including phenoxy) is 1. The zero-order valence-corrected chi connectivity index (χ0v) is 14.2. The maximum Gasteiger partial charge on any atom is 0.416 e. The fraction of sp³-hybridized carbons (Fsp3) is 0.0556. The molecule has 0 aliphatic carbocycles. The van der Waals surface area contributed by atoms with Crippen molar-refractivity contribution in [3.05, 3.63) is 75.5 Å². The van der Waals surface area contributed by atoms with E-state index in [-0.39, 0.29) is 10.8 Å². The molecule has 0 heterocycles. The van der Waals surface area contributed by atoms with Crippen LogP contribution in [0.2, 0.25) is 10.0 Å².